The van der Waals surface area contributed by atoms with E-state index < -0.39 is 17.8 Å². The summed E-state index contributed by atoms with van der Waals surface area (Å²) < 4.78 is 24.2. The van der Waals surface area contributed by atoms with Gasteiger partial charge in [0.2, 0.25) is 0 Å². The number of aromatic nitrogens is 3. The van der Waals surface area contributed by atoms with Crippen molar-refractivity contribution in [2.75, 3.05) is 51.3 Å². The molecule has 1 fully saturated rings. The molecule has 0 saturated heterocycles. The number of benzene rings is 2. The van der Waals surface area contributed by atoms with E-state index in [1.54, 1.807) is 37.6 Å². The summed E-state index contributed by atoms with van der Waals surface area (Å²) in [4.78, 5) is 40.9. The zero-order chi connectivity index (χ0) is 37.8. The second kappa shape index (κ2) is 18.9. The second-order valence-corrected chi connectivity index (χ2v) is 14.7. The lowest BCUT2D eigenvalue weighted by atomic mass is 10.1. The number of ether oxygens (including phenoxy) is 4. The van der Waals surface area contributed by atoms with Gasteiger partial charge in [-0.25, -0.2) is 9.59 Å². The number of hydrogen-bond acceptors (Lipinski definition) is 10. The van der Waals surface area contributed by atoms with Gasteiger partial charge in [-0.1, -0.05) is 55.2 Å². The summed E-state index contributed by atoms with van der Waals surface area (Å²) in [6.07, 6.45) is 9.07. The number of anilines is 1. The Kier molecular flexibility index (Phi) is 14.1. The molecule has 0 bridgehead atoms. The van der Waals surface area contributed by atoms with Crippen LogP contribution >= 0.6 is 0 Å². The number of carbonyl (C=O) groups excluding carboxylic acids is 2. The van der Waals surface area contributed by atoms with E-state index in [9.17, 15) is 19.5 Å². The van der Waals surface area contributed by atoms with Crippen molar-refractivity contribution in [3.8, 4) is 22.8 Å². The Morgan fingerprint density at radius 3 is 2.53 bits per heavy atom. The zero-order valence-electron chi connectivity index (χ0n) is 31.5. The highest BCUT2D eigenvalue weighted by Crippen LogP contribution is 2.40. The Balaban J connectivity index is 1.14. The molecule has 288 valence electrons. The van der Waals surface area contributed by atoms with Crippen LogP contribution in [0, 0.1) is 0 Å². The quantitative estimate of drug-likeness (QED) is 0.0734. The summed E-state index contributed by atoms with van der Waals surface area (Å²) in [6.45, 7) is 8.26. The molecule has 1 aliphatic carbocycles. The lowest BCUT2D eigenvalue weighted by Crippen LogP contribution is -2.43. The average Bonchev–Trinajstić information content (AvgIpc) is 3.37. The molecule has 1 aliphatic heterocycles. The number of nitrogens with one attached hydrogen (secondary N) is 1. The summed E-state index contributed by atoms with van der Waals surface area (Å²) >= 11 is 0. The highest BCUT2D eigenvalue weighted by atomic mass is 16.7. The maximum atomic E-state index is 12.5. The molecule has 0 radical (unpaired) electrons. The van der Waals surface area contributed by atoms with Gasteiger partial charge in [0, 0.05) is 51.4 Å². The highest BCUT2D eigenvalue weighted by molar-refractivity contribution is 5.98. The minimum atomic E-state index is -0.995. The summed E-state index contributed by atoms with van der Waals surface area (Å²) in [5.41, 5.74) is 3.23. The second-order valence-electron chi connectivity index (χ2n) is 14.7. The highest BCUT2D eigenvalue weighted by Gasteiger charge is 2.28. The van der Waals surface area contributed by atoms with Crippen LogP contribution in [0.4, 0.5) is 15.3 Å². The van der Waals surface area contributed by atoms with Crippen molar-refractivity contribution < 1.29 is 38.4 Å². The Labute approximate surface area is 311 Å². The standard InChI is InChI=1S/C39H54N6O8/c1-39(2,3)53-38(49)52-33-16-15-29(36-35(33)40-34(46)27-51-36)17-20-45(37(47)48)22-21-44(31-13-7-5-6-8-14-31)19-10-23-50-24-18-28-11-9-12-30(25-28)32-26-43(4)42-41-32/h9,11-12,15-16,25-26,31H,5-8,10,13-14,17-24,27H2,1-4H3,(H,40,46)(H,47,48). The minimum Gasteiger partial charge on any atom is -0.481 e. The maximum Gasteiger partial charge on any atom is 0.514 e. The largest absolute Gasteiger partial charge is 0.514 e. The number of nitrogens with zero attached hydrogens (tertiary/aromatic N) is 5. The van der Waals surface area contributed by atoms with Crippen LogP contribution in [0.2, 0.25) is 0 Å². The fourth-order valence-corrected chi connectivity index (χ4v) is 6.78. The van der Waals surface area contributed by atoms with E-state index in [4.69, 9.17) is 18.9 Å². The zero-order valence-corrected chi connectivity index (χ0v) is 31.5. The first-order chi connectivity index (χ1) is 25.4. The summed E-state index contributed by atoms with van der Waals surface area (Å²) in [7, 11) is 1.86. The van der Waals surface area contributed by atoms with Gasteiger partial charge in [-0.15, -0.1) is 5.10 Å². The molecule has 2 amide bonds. The number of carboxylic acid groups (broad SMARTS) is 1. The van der Waals surface area contributed by atoms with Crippen molar-refractivity contribution in [2.45, 2.75) is 90.2 Å². The van der Waals surface area contributed by atoms with Crippen LogP contribution in [0.3, 0.4) is 0 Å². The van der Waals surface area contributed by atoms with Crippen LogP contribution < -0.4 is 14.8 Å². The molecule has 2 heterocycles. The van der Waals surface area contributed by atoms with Gasteiger partial charge in [-0.2, -0.15) is 0 Å². The van der Waals surface area contributed by atoms with Crippen molar-refractivity contribution >= 4 is 23.8 Å². The van der Waals surface area contributed by atoms with Gasteiger partial charge in [0.25, 0.3) is 5.91 Å². The van der Waals surface area contributed by atoms with E-state index in [2.05, 4.69) is 32.7 Å². The predicted molar refractivity (Wildman–Crippen MR) is 199 cm³/mol. The number of hydrogen-bond donors (Lipinski definition) is 2. The molecule has 53 heavy (non-hydrogen) atoms. The Bertz CT molecular complexity index is 1680. The molecule has 14 heteroatoms. The molecule has 0 spiro atoms. The number of fused-ring (bicyclic) bond motifs is 1. The molecule has 5 rings (SSSR count). The van der Waals surface area contributed by atoms with Crippen molar-refractivity contribution in [3.63, 3.8) is 0 Å². The SMILES string of the molecule is Cn1cc(-c2cccc(CCOCCCN(CCN(CCc3ccc(OC(=O)OC(C)(C)C)c4c3OCC(=O)N4)C(=O)O)C3CCCCCC3)c2)nn1. The Morgan fingerprint density at radius 1 is 1.02 bits per heavy atom. The molecular formula is C39H54N6O8. The van der Waals surface area contributed by atoms with E-state index in [-0.39, 0.29) is 30.5 Å². The summed E-state index contributed by atoms with van der Waals surface area (Å²) in [6, 6.07) is 12.0. The van der Waals surface area contributed by atoms with E-state index in [1.165, 1.54) is 36.1 Å². The van der Waals surface area contributed by atoms with Crippen molar-refractivity contribution in [1.29, 1.82) is 0 Å². The van der Waals surface area contributed by atoms with Gasteiger partial charge in [-0.05, 0) is 76.1 Å². The smallest absolute Gasteiger partial charge is 0.481 e. The number of carbonyl (C=O) groups is 3. The van der Waals surface area contributed by atoms with Crippen LogP contribution in [0.15, 0.2) is 42.6 Å². The Hall–Kier alpha value is -4.69. The van der Waals surface area contributed by atoms with Crippen LogP contribution in [0.25, 0.3) is 11.3 Å². The number of amides is 2. The first-order valence-electron chi connectivity index (χ1n) is 18.7. The van der Waals surface area contributed by atoms with Gasteiger partial charge in [0.05, 0.1) is 12.8 Å². The van der Waals surface area contributed by atoms with E-state index in [0.717, 1.165) is 43.5 Å². The molecular weight excluding hydrogens is 680 g/mol. The first-order valence-corrected chi connectivity index (χ1v) is 18.7. The van der Waals surface area contributed by atoms with Crippen LogP contribution in [0.1, 0.15) is 76.8 Å². The van der Waals surface area contributed by atoms with Crippen molar-refractivity contribution in [3.05, 3.63) is 53.7 Å². The maximum absolute atomic E-state index is 12.5. The number of rotatable bonds is 16. The van der Waals surface area contributed by atoms with E-state index in [0.29, 0.717) is 50.1 Å². The molecule has 2 aliphatic rings. The van der Waals surface area contributed by atoms with E-state index >= 15 is 0 Å². The summed E-state index contributed by atoms with van der Waals surface area (Å²) in [5.74, 6) is 0.0650. The van der Waals surface area contributed by atoms with Gasteiger partial charge in [0.1, 0.15) is 17.0 Å². The topological polar surface area (TPSA) is 158 Å². The van der Waals surface area contributed by atoms with Gasteiger partial charge in [-0.3, -0.25) is 14.4 Å². The molecule has 1 aromatic heterocycles. The van der Waals surface area contributed by atoms with E-state index in [1.807, 2.05) is 25.4 Å². The molecule has 3 aromatic rings. The van der Waals surface area contributed by atoms with Crippen molar-refractivity contribution in [2.24, 2.45) is 7.05 Å². The van der Waals surface area contributed by atoms with Gasteiger partial charge < -0.3 is 34.3 Å². The summed E-state index contributed by atoms with van der Waals surface area (Å²) in [5, 5.41) is 21.2. The molecule has 2 aromatic carbocycles. The molecule has 14 nitrogen and oxygen atoms in total. The fourth-order valence-electron chi connectivity index (χ4n) is 6.78. The average molecular weight is 735 g/mol. The molecule has 2 N–H and O–H groups in total. The molecule has 0 atom stereocenters. The molecule has 1 saturated carbocycles. The Morgan fingerprint density at radius 2 is 1.81 bits per heavy atom. The van der Waals surface area contributed by atoms with Crippen LogP contribution in [-0.4, -0.2) is 106 Å². The predicted octanol–water partition coefficient (Wildman–Crippen LogP) is 6.32. The molecule has 0 unspecified atom stereocenters. The normalized spacial score (nSPS) is 14.9. The van der Waals surface area contributed by atoms with Crippen LogP contribution in [-0.2, 0) is 34.2 Å². The monoisotopic (exact) mass is 734 g/mol. The minimum absolute atomic E-state index is 0.0942. The third kappa shape index (κ3) is 12.2. The third-order valence-corrected chi connectivity index (χ3v) is 9.41. The number of aryl methyl sites for hydroxylation is 1. The van der Waals surface area contributed by atoms with Crippen molar-refractivity contribution in [1.82, 2.24) is 24.8 Å². The van der Waals surface area contributed by atoms with Gasteiger partial charge in [0.15, 0.2) is 18.1 Å². The van der Waals surface area contributed by atoms with Gasteiger partial charge >= 0.3 is 12.2 Å². The van der Waals surface area contributed by atoms with Crippen LogP contribution in [0.5, 0.6) is 11.5 Å². The lowest BCUT2D eigenvalue weighted by Gasteiger charge is -2.33. The fraction of sp³-hybridized carbons (Fsp3) is 0.564. The first kappa shape index (κ1) is 39.5. The third-order valence-electron chi connectivity index (χ3n) is 9.41. The lowest BCUT2D eigenvalue weighted by molar-refractivity contribution is -0.118.